The molecular weight excluding hydrogens is 216 g/mol. The molecule has 0 atom stereocenters. The molecule has 0 spiro atoms. The first-order chi connectivity index (χ1) is 8.08. The van der Waals surface area contributed by atoms with E-state index in [9.17, 15) is 0 Å². The van der Waals surface area contributed by atoms with Gasteiger partial charge in [-0.3, -0.25) is 4.90 Å². The van der Waals surface area contributed by atoms with Crippen LogP contribution >= 0.6 is 0 Å². The molecule has 0 aliphatic rings. The molecule has 4 nitrogen and oxygen atoms in total. The van der Waals surface area contributed by atoms with Crippen molar-refractivity contribution in [3.63, 3.8) is 0 Å². The van der Waals surface area contributed by atoms with Crippen LogP contribution in [0.2, 0.25) is 0 Å². The molecule has 104 valence electrons. The predicted octanol–water partition coefficient (Wildman–Crippen LogP) is 1.49. The summed E-state index contributed by atoms with van der Waals surface area (Å²) in [4.78, 5) is 2.41. The molecule has 0 aliphatic carbocycles. The van der Waals surface area contributed by atoms with Gasteiger partial charge in [-0.25, -0.2) is 0 Å². The van der Waals surface area contributed by atoms with Crippen molar-refractivity contribution in [3.05, 3.63) is 0 Å². The highest BCUT2D eigenvalue weighted by Gasteiger charge is 2.23. The van der Waals surface area contributed by atoms with Gasteiger partial charge in [-0.2, -0.15) is 0 Å². The van der Waals surface area contributed by atoms with E-state index in [-0.39, 0.29) is 5.54 Å². The lowest BCUT2D eigenvalue weighted by Crippen LogP contribution is -2.50. The molecule has 0 aliphatic heterocycles. The summed E-state index contributed by atoms with van der Waals surface area (Å²) in [6.07, 6.45) is 2.11. The number of nitrogens with two attached hydrogens (primary N) is 1. The van der Waals surface area contributed by atoms with Gasteiger partial charge in [-0.1, -0.05) is 6.92 Å². The van der Waals surface area contributed by atoms with E-state index >= 15 is 0 Å². The quantitative estimate of drug-likeness (QED) is 0.561. The summed E-state index contributed by atoms with van der Waals surface area (Å²) in [6, 6.07) is 0. The summed E-state index contributed by atoms with van der Waals surface area (Å²) in [6.45, 7) is 11.6. The van der Waals surface area contributed by atoms with Crippen molar-refractivity contribution in [1.29, 1.82) is 0 Å². The van der Waals surface area contributed by atoms with Crippen LogP contribution in [0, 0.1) is 0 Å². The Labute approximate surface area is 106 Å². The van der Waals surface area contributed by atoms with Gasteiger partial charge in [0.15, 0.2) is 0 Å². The van der Waals surface area contributed by atoms with Gasteiger partial charge >= 0.3 is 0 Å². The van der Waals surface area contributed by atoms with Gasteiger partial charge in [0.1, 0.15) is 0 Å². The molecule has 0 unspecified atom stereocenters. The van der Waals surface area contributed by atoms with E-state index in [1.165, 1.54) is 0 Å². The van der Waals surface area contributed by atoms with Crippen molar-refractivity contribution in [2.45, 2.75) is 39.2 Å². The Morgan fingerprint density at radius 3 is 2.35 bits per heavy atom. The topological polar surface area (TPSA) is 47.7 Å². The number of hydrogen-bond donors (Lipinski definition) is 1. The second kappa shape index (κ2) is 9.83. The Balaban J connectivity index is 3.78. The monoisotopic (exact) mass is 246 g/mol. The fraction of sp³-hybridized carbons (Fsp3) is 1.00. The average Bonchev–Trinajstić information content (AvgIpc) is 2.32. The van der Waals surface area contributed by atoms with Crippen LogP contribution in [0.15, 0.2) is 0 Å². The molecule has 0 saturated carbocycles. The maximum absolute atomic E-state index is 5.81. The van der Waals surface area contributed by atoms with E-state index in [0.29, 0.717) is 6.54 Å². The van der Waals surface area contributed by atoms with Crippen LogP contribution in [0.1, 0.15) is 33.6 Å². The second-order valence-electron chi connectivity index (χ2n) is 4.96. The smallest absolute Gasteiger partial charge is 0.0593 e. The van der Waals surface area contributed by atoms with E-state index in [4.69, 9.17) is 15.2 Å². The van der Waals surface area contributed by atoms with Crippen molar-refractivity contribution in [1.82, 2.24) is 4.90 Å². The lowest BCUT2D eigenvalue weighted by Gasteiger charge is -2.37. The van der Waals surface area contributed by atoms with Crippen LogP contribution in [-0.4, -0.2) is 57.0 Å². The van der Waals surface area contributed by atoms with Crippen LogP contribution in [0.4, 0.5) is 0 Å². The SMILES string of the molecule is CCCN(CCOCCCOC)C(C)(C)CN. The third-order valence-electron chi connectivity index (χ3n) is 2.99. The van der Waals surface area contributed by atoms with E-state index < -0.39 is 0 Å². The minimum atomic E-state index is 0.0614. The first kappa shape index (κ1) is 16.8. The van der Waals surface area contributed by atoms with Crippen molar-refractivity contribution >= 4 is 0 Å². The van der Waals surface area contributed by atoms with Crippen LogP contribution in [0.3, 0.4) is 0 Å². The minimum absolute atomic E-state index is 0.0614. The highest BCUT2D eigenvalue weighted by Crippen LogP contribution is 2.12. The number of nitrogens with zero attached hydrogens (tertiary/aromatic N) is 1. The maximum atomic E-state index is 5.81. The molecule has 0 rings (SSSR count). The second-order valence-corrected chi connectivity index (χ2v) is 4.96. The molecule has 0 amide bonds. The Morgan fingerprint density at radius 2 is 1.82 bits per heavy atom. The van der Waals surface area contributed by atoms with Crippen LogP contribution < -0.4 is 5.73 Å². The summed E-state index contributed by atoms with van der Waals surface area (Å²) >= 11 is 0. The molecule has 4 heteroatoms. The van der Waals surface area contributed by atoms with Gasteiger partial charge in [0.25, 0.3) is 0 Å². The Morgan fingerprint density at radius 1 is 1.12 bits per heavy atom. The molecule has 0 fully saturated rings. The van der Waals surface area contributed by atoms with Crippen molar-refractivity contribution in [2.24, 2.45) is 5.73 Å². The van der Waals surface area contributed by atoms with Gasteiger partial charge in [-0.05, 0) is 33.2 Å². The van der Waals surface area contributed by atoms with E-state index in [2.05, 4.69) is 25.7 Å². The molecule has 0 saturated heterocycles. The van der Waals surface area contributed by atoms with Crippen molar-refractivity contribution < 1.29 is 9.47 Å². The van der Waals surface area contributed by atoms with Gasteiger partial charge in [-0.15, -0.1) is 0 Å². The molecule has 2 N–H and O–H groups in total. The third-order valence-corrected chi connectivity index (χ3v) is 2.99. The summed E-state index contributed by atoms with van der Waals surface area (Å²) < 4.78 is 10.6. The number of hydrogen-bond acceptors (Lipinski definition) is 4. The molecule has 0 heterocycles. The Bertz CT molecular complexity index is 175. The molecular formula is C13H30N2O2. The van der Waals surface area contributed by atoms with Gasteiger partial charge in [0.2, 0.25) is 0 Å². The summed E-state index contributed by atoms with van der Waals surface area (Å²) in [5.41, 5.74) is 5.87. The highest BCUT2D eigenvalue weighted by molar-refractivity contribution is 4.82. The largest absolute Gasteiger partial charge is 0.385 e. The summed E-state index contributed by atoms with van der Waals surface area (Å²) in [7, 11) is 1.72. The van der Waals surface area contributed by atoms with Crippen LogP contribution in [0.25, 0.3) is 0 Å². The third kappa shape index (κ3) is 7.71. The van der Waals surface area contributed by atoms with Crippen molar-refractivity contribution in [3.8, 4) is 0 Å². The Kier molecular flexibility index (Phi) is 9.74. The average molecular weight is 246 g/mol. The summed E-state index contributed by atoms with van der Waals surface area (Å²) in [5.74, 6) is 0. The zero-order valence-corrected chi connectivity index (χ0v) is 12.0. The van der Waals surface area contributed by atoms with Gasteiger partial charge in [0, 0.05) is 39.0 Å². The summed E-state index contributed by atoms with van der Waals surface area (Å²) in [5, 5.41) is 0. The van der Waals surface area contributed by atoms with E-state index in [1.54, 1.807) is 7.11 Å². The lowest BCUT2D eigenvalue weighted by molar-refractivity contribution is 0.0523. The zero-order valence-electron chi connectivity index (χ0n) is 12.0. The van der Waals surface area contributed by atoms with Crippen LogP contribution in [0.5, 0.6) is 0 Å². The number of methoxy groups -OCH3 is 1. The lowest BCUT2D eigenvalue weighted by atomic mass is 10.0. The normalized spacial score (nSPS) is 12.4. The molecule has 17 heavy (non-hydrogen) atoms. The number of ether oxygens (including phenoxy) is 2. The van der Waals surface area contributed by atoms with Gasteiger partial charge in [0.05, 0.1) is 6.61 Å². The van der Waals surface area contributed by atoms with E-state index in [0.717, 1.165) is 45.8 Å². The molecule has 0 aromatic rings. The molecule has 0 aromatic heterocycles. The number of rotatable bonds is 11. The van der Waals surface area contributed by atoms with Crippen molar-refractivity contribution in [2.75, 3.05) is 46.6 Å². The Hall–Kier alpha value is -0.160. The van der Waals surface area contributed by atoms with E-state index in [1.807, 2.05) is 0 Å². The molecule has 0 bridgehead atoms. The minimum Gasteiger partial charge on any atom is -0.385 e. The first-order valence-electron chi connectivity index (χ1n) is 6.60. The first-order valence-corrected chi connectivity index (χ1v) is 6.60. The maximum Gasteiger partial charge on any atom is 0.0593 e. The predicted molar refractivity (Wildman–Crippen MR) is 72.3 cm³/mol. The highest BCUT2D eigenvalue weighted by atomic mass is 16.5. The fourth-order valence-corrected chi connectivity index (χ4v) is 1.70. The van der Waals surface area contributed by atoms with Crippen LogP contribution in [-0.2, 0) is 9.47 Å². The van der Waals surface area contributed by atoms with Gasteiger partial charge < -0.3 is 15.2 Å². The standard InChI is InChI=1S/C13H30N2O2/c1-5-7-15(13(2,3)12-14)8-11-17-10-6-9-16-4/h5-12,14H2,1-4H3. The molecule has 0 radical (unpaired) electrons. The fourth-order valence-electron chi connectivity index (χ4n) is 1.70. The zero-order chi connectivity index (χ0) is 13.1. The molecule has 0 aromatic carbocycles.